The number of fused-ring (bicyclic) bond motifs is 2. The summed E-state index contributed by atoms with van der Waals surface area (Å²) in [6, 6.07) is 16.5. The zero-order valence-corrected chi connectivity index (χ0v) is 25.5. The van der Waals surface area contributed by atoms with E-state index in [0.717, 1.165) is 36.6 Å². The predicted molar refractivity (Wildman–Crippen MR) is 170 cm³/mol. The van der Waals surface area contributed by atoms with Crippen molar-refractivity contribution >= 4 is 34.8 Å². The zero-order chi connectivity index (χ0) is 30.8. The number of benzene rings is 2. The van der Waals surface area contributed by atoms with Gasteiger partial charge in [-0.05, 0) is 69.5 Å². The van der Waals surface area contributed by atoms with E-state index in [1.54, 1.807) is 14.7 Å². The molecular weight excluding hydrogens is 556 g/mol. The number of aliphatic hydroxyl groups excluding tert-OH is 1. The van der Waals surface area contributed by atoms with Crippen LogP contribution in [-0.2, 0) is 19.1 Å². The van der Waals surface area contributed by atoms with Crippen molar-refractivity contribution < 1.29 is 24.2 Å². The number of unbranched alkanes of at least 4 members (excludes halogenated alkanes) is 2. The van der Waals surface area contributed by atoms with Crippen LogP contribution in [0.25, 0.3) is 0 Å². The Hall–Kier alpha value is -3.95. The van der Waals surface area contributed by atoms with Crippen molar-refractivity contribution in [2.75, 3.05) is 54.0 Å². The first-order chi connectivity index (χ1) is 21.4. The minimum absolute atomic E-state index is 0.0753. The molecule has 9 nitrogen and oxygen atoms in total. The number of likely N-dealkylation sites (tertiary alicyclic amines) is 1. The van der Waals surface area contributed by atoms with Gasteiger partial charge >= 0.3 is 0 Å². The second-order valence-electron chi connectivity index (χ2n) is 11.9. The highest BCUT2D eigenvalue weighted by Gasteiger charge is 2.71. The molecule has 9 heteroatoms. The number of ether oxygens (including phenoxy) is 1. The van der Waals surface area contributed by atoms with Gasteiger partial charge in [0.2, 0.25) is 11.8 Å². The highest BCUT2D eigenvalue weighted by atomic mass is 16.5. The average Bonchev–Trinajstić information content (AvgIpc) is 3.35. The summed E-state index contributed by atoms with van der Waals surface area (Å²) in [7, 11) is 0. The Kier molecular flexibility index (Phi) is 8.60. The Morgan fingerprint density at radius 1 is 0.841 bits per heavy atom. The summed E-state index contributed by atoms with van der Waals surface area (Å²) in [4.78, 5) is 50.7. The zero-order valence-electron chi connectivity index (χ0n) is 25.5. The number of rotatable bonds is 10. The third-order valence-corrected chi connectivity index (χ3v) is 9.57. The van der Waals surface area contributed by atoms with Crippen molar-refractivity contribution in [1.82, 2.24) is 4.90 Å². The Balaban J connectivity index is 1.37. The molecule has 1 unspecified atom stereocenters. The number of carbonyl (C=O) groups is 3. The van der Waals surface area contributed by atoms with E-state index in [-0.39, 0.29) is 24.3 Å². The topological polar surface area (TPSA) is 93.6 Å². The summed E-state index contributed by atoms with van der Waals surface area (Å²) < 4.78 is 6.78. The van der Waals surface area contributed by atoms with E-state index in [9.17, 15) is 19.5 Å². The Morgan fingerprint density at radius 3 is 2.23 bits per heavy atom. The van der Waals surface area contributed by atoms with Crippen molar-refractivity contribution in [2.45, 2.75) is 50.9 Å². The van der Waals surface area contributed by atoms with E-state index < -0.39 is 29.6 Å². The van der Waals surface area contributed by atoms with Gasteiger partial charge in [0.1, 0.15) is 11.6 Å². The second kappa shape index (κ2) is 12.6. The van der Waals surface area contributed by atoms with Gasteiger partial charge in [0.15, 0.2) is 0 Å². The number of hydrogen-bond donors (Lipinski definition) is 1. The molecular formula is C35H42N4O5. The van der Waals surface area contributed by atoms with Gasteiger partial charge in [0.05, 0.1) is 17.9 Å². The Morgan fingerprint density at radius 2 is 1.52 bits per heavy atom. The third-order valence-electron chi connectivity index (χ3n) is 9.57. The van der Waals surface area contributed by atoms with E-state index >= 15 is 0 Å². The van der Waals surface area contributed by atoms with E-state index in [0.29, 0.717) is 32.5 Å². The molecule has 4 heterocycles. The molecule has 0 aromatic heterocycles. The van der Waals surface area contributed by atoms with Gasteiger partial charge in [-0.2, -0.15) is 0 Å². The van der Waals surface area contributed by atoms with Crippen molar-refractivity contribution in [1.29, 1.82) is 0 Å². The summed E-state index contributed by atoms with van der Waals surface area (Å²) >= 11 is 0. The summed E-state index contributed by atoms with van der Waals surface area (Å²) in [5.41, 5.74) is 1.33. The van der Waals surface area contributed by atoms with Crippen molar-refractivity contribution in [3.05, 3.63) is 78.9 Å². The lowest BCUT2D eigenvalue weighted by molar-refractivity contribution is -0.140. The van der Waals surface area contributed by atoms with E-state index in [1.807, 2.05) is 78.9 Å². The van der Waals surface area contributed by atoms with Crippen LogP contribution in [0.15, 0.2) is 78.9 Å². The first kappa shape index (κ1) is 30.1. The largest absolute Gasteiger partial charge is 0.396 e. The van der Waals surface area contributed by atoms with Crippen molar-refractivity contribution in [2.24, 2.45) is 11.8 Å². The number of nitrogens with zero attached hydrogens (tertiary/aromatic N) is 4. The second-order valence-corrected chi connectivity index (χ2v) is 11.9. The first-order valence-corrected chi connectivity index (χ1v) is 15.9. The minimum Gasteiger partial charge on any atom is -0.396 e. The molecule has 3 amide bonds. The van der Waals surface area contributed by atoms with Crippen LogP contribution in [0.4, 0.5) is 17.1 Å². The van der Waals surface area contributed by atoms with E-state index in [2.05, 4.69) is 18.7 Å². The van der Waals surface area contributed by atoms with Crippen LogP contribution < -0.4 is 14.7 Å². The summed E-state index contributed by atoms with van der Waals surface area (Å²) in [6.07, 6.45) is 8.98. The molecule has 1 spiro atoms. The van der Waals surface area contributed by atoms with Gasteiger partial charge in [0, 0.05) is 56.4 Å². The van der Waals surface area contributed by atoms with Crippen LogP contribution in [0.3, 0.4) is 0 Å². The molecule has 4 aliphatic rings. The molecule has 5 atom stereocenters. The predicted octanol–water partition coefficient (Wildman–Crippen LogP) is 3.78. The van der Waals surface area contributed by atoms with E-state index in [4.69, 9.17) is 4.74 Å². The van der Waals surface area contributed by atoms with Gasteiger partial charge < -0.3 is 29.4 Å². The molecule has 0 radical (unpaired) electrons. The molecule has 0 aliphatic carbocycles. The molecule has 0 saturated carbocycles. The normalized spacial score (nSPS) is 27.7. The molecule has 2 saturated heterocycles. The quantitative estimate of drug-likeness (QED) is 0.331. The highest BCUT2D eigenvalue weighted by Crippen LogP contribution is 2.54. The fourth-order valence-corrected chi connectivity index (χ4v) is 7.45. The number of hydrogen-bond acceptors (Lipinski definition) is 6. The maximum Gasteiger partial charge on any atom is 0.253 e. The number of amides is 3. The lowest BCUT2D eigenvalue weighted by Crippen LogP contribution is -2.55. The van der Waals surface area contributed by atoms with Crippen LogP contribution in [-0.4, -0.2) is 84.8 Å². The molecule has 44 heavy (non-hydrogen) atoms. The number of aliphatic hydroxyl groups is 1. The monoisotopic (exact) mass is 598 g/mol. The van der Waals surface area contributed by atoms with Gasteiger partial charge in [-0.15, -0.1) is 0 Å². The minimum atomic E-state index is -1.27. The molecule has 1 N–H and O–H groups in total. The molecule has 4 aliphatic heterocycles. The van der Waals surface area contributed by atoms with Crippen LogP contribution in [0.1, 0.15) is 33.1 Å². The fraction of sp³-hybridized carbons (Fsp3) is 0.457. The summed E-state index contributed by atoms with van der Waals surface area (Å²) in [6.45, 7) is 7.14. The van der Waals surface area contributed by atoms with Gasteiger partial charge in [0.25, 0.3) is 5.91 Å². The van der Waals surface area contributed by atoms with Crippen molar-refractivity contribution in [3.8, 4) is 0 Å². The highest BCUT2D eigenvalue weighted by molar-refractivity contribution is 6.07. The van der Waals surface area contributed by atoms with Crippen molar-refractivity contribution in [3.63, 3.8) is 0 Å². The summed E-state index contributed by atoms with van der Waals surface area (Å²) in [5, 5.41) is 9.34. The van der Waals surface area contributed by atoms with Crippen LogP contribution in [0.2, 0.25) is 0 Å². The number of para-hydroxylation sites is 1. The first-order valence-electron chi connectivity index (χ1n) is 15.9. The molecule has 6 rings (SSSR count). The SMILES string of the molecule is CCN(CC)c1ccc(N2CC=C[C@]34O[C@@H]5C=CCN(c6ccccc6)C(=O)[C@@H]5[C@H]3C(=O)N(CCCCCO)C4C2=O)cc1. The number of anilines is 3. The van der Waals surface area contributed by atoms with Gasteiger partial charge in [-0.3, -0.25) is 14.4 Å². The van der Waals surface area contributed by atoms with Gasteiger partial charge in [-0.1, -0.05) is 42.5 Å². The maximum atomic E-state index is 14.6. The molecule has 2 aromatic rings. The molecule has 2 aromatic carbocycles. The van der Waals surface area contributed by atoms with E-state index in [1.165, 1.54) is 0 Å². The van der Waals surface area contributed by atoms with Crippen LogP contribution >= 0.6 is 0 Å². The fourth-order valence-electron chi connectivity index (χ4n) is 7.45. The standard InChI is InChI=1S/C35H42N4O5/c1-3-36(4-2)25-16-18-27(19-17-25)38-23-12-20-35-30(33(42)39(31(35)34(38)43)21-9-6-10-24-40)29-28(44-35)15-11-22-37(32(29)41)26-13-7-5-8-14-26/h5,7-8,11-20,28-31,40H,3-4,6,9-10,21-24H2,1-2H3/t28-,29+,30+,31?,35+/m1/s1. The average molecular weight is 599 g/mol. The molecule has 232 valence electrons. The third kappa shape index (κ3) is 5.02. The van der Waals surface area contributed by atoms with Crippen LogP contribution in [0, 0.1) is 11.8 Å². The smallest absolute Gasteiger partial charge is 0.253 e. The molecule has 0 bridgehead atoms. The van der Waals surface area contributed by atoms with Crippen LogP contribution in [0.5, 0.6) is 0 Å². The number of carbonyl (C=O) groups excluding carboxylic acids is 3. The molecule has 2 fully saturated rings. The van der Waals surface area contributed by atoms with Gasteiger partial charge in [-0.25, -0.2) is 0 Å². The summed E-state index contributed by atoms with van der Waals surface area (Å²) in [5.74, 6) is -2.20. The lowest BCUT2D eigenvalue weighted by Gasteiger charge is -2.35. The Bertz CT molecular complexity index is 1420. The Labute approximate surface area is 259 Å². The lowest BCUT2D eigenvalue weighted by atomic mass is 9.77. The maximum absolute atomic E-state index is 14.6.